The van der Waals surface area contributed by atoms with Gasteiger partial charge in [-0.1, -0.05) is 11.6 Å². The Bertz CT molecular complexity index is 333. The number of rotatable bonds is 6. The summed E-state index contributed by atoms with van der Waals surface area (Å²) in [6.07, 6.45) is 2.10. The molecule has 1 aromatic rings. The zero-order chi connectivity index (χ0) is 12.0. The molecule has 90 valence electrons. The van der Waals surface area contributed by atoms with Gasteiger partial charge in [0.1, 0.15) is 5.75 Å². The number of ether oxygens (including phenoxy) is 1. The largest absolute Gasteiger partial charge is 0.496 e. The Labute approximate surface area is 107 Å². The quantitative estimate of drug-likeness (QED) is 0.792. The summed E-state index contributed by atoms with van der Waals surface area (Å²) in [6.45, 7) is 3.10. The Morgan fingerprint density at radius 1 is 1.50 bits per heavy atom. The number of halogens is 1. The van der Waals surface area contributed by atoms with Crippen LogP contribution in [0.25, 0.3) is 0 Å². The van der Waals surface area contributed by atoms with Crippen molar-refractivity contribution < 1.29 is 4.74 Å². The zero-order valence-electron chi connectivity index (χ0n) is 9.92. The second-order valence-electron chi connectivity index (χ2n) is 3.55. The maximum absolute atomic E-state index is 5.99. The first-order chi connectivity index (χ1) is 7.69. The monoisotopic (exact) mass is 259 g/mol. The summed E-state index contributed by atoms with van der Waals surface area (Å²) in [5.41, 5.74) is 1.11. The Morgan fingerprint density at radius 2 is 2.25 bits per heavy atom. The molecule has 0 aliphatic heterocycles. The summed E-state index contributed by atoms with van der Waals surface area (Å²) in [5.74, 6) is 1.99. The Kier molecular flexibility index (Phi) is 6.03. The molecule has 0 heterocycles. The minimum absolute atomic E-state index is 0.251. The van der Waals surface area contributed by atoms with E-state index in [-0.39, 0.29) is 6.04 Å². The number of thioether (sulfide) groups is 1. The van der Waals surface area contributed by atoms with Gasteiger partial charge in [-0.15, -0.1) is 0 Å². The lowest BCUT2D eigenvalue weighted by molar-refractivity contribution is 0.402. The van der Waals surface area contributed by atoms with Crippen LogP contribution in [0.15, 0.2) is 18.2 Å². The van der Waals surface area contributed by atoms with Crippen molar-refractivity contribution >= 4 is 23.4 Å². The van der Waals surface area contributed by atoms with Gasteiger partial charge in [-0.3, -0.25) is 0 Å². The van der Waals surface area contributed by atoms with Gasteiger partial charge in [-0.25, -0.2) is 0 Å². The second-order valence-corrected chi connectivity index (χ2v) is 4.98. The SMILES string of the molecule is COc1ccc(Cl)cc1C(C)NCCSC. The van der Waals surface area contributed by atoms with Crippen LogP contribution in [0.3, 0.4) is 0 Å². The Balaban J connectivity index is 2.72. The number of methoxy groups -OCH3 is 1. The predicted molar refractivity (Wildman–Crippen MR) is 72.8 cm³/mol. The average Bonchev–Trinajstić information content (AvgIpc) is 2.29. The molecule has 1 atom stereocenters. The van der Waals surface area contributed by atoms with Gasteiger partial charge >= 0.3 is 0 Å². The Morgan fingerprint density at radius 3 is 2.88 bits per heavy atom. The van der Waals surface area contributed by atoms with E-state index in [0.29, 0.717) is 0 Å². The number of nitrogens with one attached hydrogen (secondary N) is 1. The smallest absolute Gasteiger partial charge is 0.123 e. The van der Waals surface area contributed by atoms with Gasteiger partial charge in [0.05, 0.1) is 7.11 Å². The van der Waals surface area contributed by atoms with Crippen molar-refractivity contribution in [2.45, 2.75) is 13.0 Å². The average molecular weight is 260 g/mol. The summed E-state index contributed by atoms with van der Waals surface area (Å²) < 4.78 is 5.32. The summed E-state index contributed by atoms with van der Waals surface area (Å²) in [6, 6.07) is 5.96. The van der Waals surface area contributed by atoms with Crippen LogP contribution >= 0.6 is 23.4 Å². The highest BCUT2D eigenvalue weighted by molar-refractivity contribution is 7.98. The van der Waals surface area contributed by atoms with Gasteiger partial charge in [0, 0.05) is 28.9 Å². The molecule has 1 rings (SSSR count). The van der Waals surface area contributed by atoms with E-state index >= 15 is 0 Å². The number of hydrogen-bond donors (Lipinski definition) is 1. The van der Waals surface area contributed by atoms with E-state index in [2.05, 4.69) is 18.5 Å². The van der Waals surface area contributed by atoms with E-state index in [1.165, 1.54) is 0 Å². The van der Waals surface area contributed by atoms with E-state index < -0.39 is 0 Å². The summed E-state index contributed by atoms with van der Waals surface area (Å²) in [7, 11) is 1.68. The predicted octanol–water partition coefficient (Wildman–Crippen LogP) is 3.36. The third-order valence-corrected chi connectivity index (χ3v) is 3.26. The fourth-order valence-corrected chi connectivity index (χ4v) is 2.03. The van der Waals surface area contributed by atoms with Crippen molar-refractivity contribution in [1.29, 1.82) is 0 Å². The molecule has 0 fully saturated rings. The first kappa shape index (κ1) is 13.7. The van der Waals surface area contributed by atoms with E-state index in [4.69, 9.17) is 16.3 Å². The number of benzene rings is 1. The molecule has 0 saturated carbocycles. The first-order valence-corrected chi connectivity index (χ1v) is 7.02. The van der Waals surface area contributed by atoms with Crippen molar-refractivity contribution in [3.05, 3.63) is 28.8 Å². The highest BCUT2D eigenvalue weighted by Crippen LogP contribution is 2.27. The van der Waals surface area contributed by atoms with Crippen LogP contribution in [0.4, 0.5) is 0 Å². The molecule has 0 amide bonds. The van der Waals surface area contributed by atoms with E-state index in [1.54, 1.807) is 7.11 Å². The topological polar surface area (TPSA) is 21.3 Å². The molecular weight excluding hydrogens is 242 g/mol. The van der Waals surface area contributed by atoms with Gasteiger partial charge in [0.25, 0.3) is 0 Å². The highest BCUT2D eigenvalue weighted by atomic mass is 35.5. The second kappa shape index (κ2) is 7.05. The van der Waals surface area contributed by atoms with E-state index in [1.807, 2.05) is 30.0 Å². The minimum atomic E-state index is 0.251. The minimum Gasteiger partial charge on any atom is -0.496 e. The first-order valence-electron chi connectivity index (χ1n) is 5.24. The molecule has 0 radical (unpaired) electrons. The van der Waals surface area contributed by atoms with Gasteiger partial charge in [0.15, 0.2) is 0 Å². The van der Waals surface area contributed by atoms with Crippen LogP contribution < -0.4 is 10.1 Å². The molecule has 0 aliphatic rings. The molecule has 2 nitrogen and oxygen atoms in total. The van der Waals surface area contributed by atoms with Crippen molar-refractivity contribution in [2.24, 2.45) is 0 Å². The Hall–Kier alpha value is -0.380. The molecular formula is C12H18ClNOS. The molecule has 0 spiro atoms. The van der Waals surface area contributed by atoms with Crippen LogP contribution in [0.5, 0.6) is 5.75 Å². The van der Waals surface area contributed by atoms with E-state index in [0.717, 1.165) is 28.6 Å². The van der Waals surface area contributed by atoms with Gasteiger partial charge in [-0.2, -0.15) is 11.8 Å². The summed E-state index contributed by atoms with van der Waals surface area (Å²) in [5, 5.41) is 4.19. The van der Waals surface area contributed by atoms with Gasteiger partial charge < -0.3 is 10.1 Å². The lowest BCUT2D eigenvalue weighted by Gasteiger charge is -2.17. The third kappa shape index (κ3) is 3.89. The molecule has 0 aromatic heterocycles. The van der Waals surface area contributed by atoms with E-state index in [9.17, 15) is 0 Å². The van der Waals surface area contributed by atoms with Gasteiger partial charge in [-0.05, 0) is 31.4 Å². The van der Waals surface area contributed by atoms with Crippen molar-refractivity contribution in [2.75, 3.05) is 25.7 Å². The molecule has 1 unspecified atom stereocenters. The van der Waals surface area contributed by atoms with Crippen molar-refractivity contribution in [3.8, 4) is 5.75 Å². The van der Waals surface area contributed by atoms with Crippen LogP contribution in [0.2, 0.25) is 5.02 Å². The van der Waals surface area contributed by atoms with Crippen molar-refractivity contribution in [3.63, 3.8) is 0 Å². The molecule has 4 heteroatoms. The summed E-state index contributed by atoms with van der Waals surface area (Å²) >= 11 is 7.82. The fraction of sp³-hybridized carbons (Fsp3) is 0.500. The third-order valence-electron chi connectivity index (χ3n) is 2.41. The lowest BCUT2D eigenvalue weighted by Crippen LogP contribution is -2.21. The standard InChI is InChI=1S/C12H18ClNOS/c1-9(14-6-7-16-3)11-8-10(13)4-5-12(11)15-2/h4-5,8-9,14H,6-7H2,1-3H3. The molecule has 1 aromatic carbocycles. The maximum atomic E-state index is 5.99. The fourth-order valence-electron chi connectivity index (χ4n) is 1.53. The molecule has 1 N–H and O–H groups in total. The normalized spacial score (nSPS) is 12.5. The highest BCUT2D eigenvalue weighted by Gasteiger charge is 2.11. The lowest BCUT2D eigenvalue weighted by atomic mass is 10.1. The van der Waals surface area contributed by atoms with Crippen LogP contribution in [0, 0.1) is 0 Å². The van der Waals surface area contributed by atoms with Crippen LogP contribution in [-0.4, -0.2) is 25.7 Å². The maximum Gasteiger partial charge on any atom is 0.123 e. The van der Waals surface area contributed by atoms with Crippen LogP contribution in [0.1, 0.15) is 18.5 Å². The summed E-state index contributed by atoms with van der Waals surface area (Å²) in [4.78, 5) is 0. The number of hydrogen-bond acceptors (Lipinski definition) is 3. The molecule has 0 saturated heterocycles. The van der Waals surface area contributed by atoms with Gasteiger partial charge in [0.2, 0.25) is 0 Å². The zero-order valence-corrected chi connectivity index (χ0v) is 11.5. The molecule has 0 aliphatic carbocycles. The molecule has 16 heavy (non-hydrogen) atoms. The molecule has 0 bridgehead atoms. The van der Waals surface area contributed by atoms with Crippen LogP contribution in [-0.2, 0) is 0 Å². The van der Waals surface area contributed by atoms with Crippen molar-refractivity contribution in [1.82, 2.24) is 5.32 Å².